The van der Waals surface area contributed by atoms with Gasteiger partial charge in [-0.05, 0) is 51.0 Å². The Morgan fingerprint density at radius 1 is 0.783 bits per heavy atom. The fourth-order valence-electron chi connectivity index (χ4n) is 2.18. The Bertz CT molecular complexity index is 519. The molecule has 0 aromatic heterocycles. The highest BCUT2D eigenvalue weighted by Gasteiger charge is 2.12. The molecule has 2 aromatic carbocycles. The van der Waals surface area contributed by atoms with Crippen molar-refractivity contribution in [1.29, 1.82) is 0 Å². The van der Waals surface area contributed by atoms with Gasteiger partial charge < -0.3 is 14.0 Å². The normalized spacial score (nSPS) is 10.8. The molecule has 0 fully saturated rings. The second-order valence-electron chi connectivity index (χ2n) is 5.66. The van der Waals surface area contributed by atoms with Crippen molar-refractivity contribution in [2.45, 2.75) is 39.4 Å². The van der Waals surface area contributed by atoms with E-state index in [0.717, 1.165) is 37.4 Å². The predicted molar refractivity (Wildman–Crippen MR) is 96.9 cm³/mol. The number of hydrogen-bond acceptors (Lipinski definition) is 3. The molecule has 0 N–H and O–H groups in total. The number of aryl methyl sites for hydroxylation is 2. The highest BCUT2D eigenvalue weighted by Crippen LogP contribution is 2.20. The van der Waals surface area contributed by atoms with E-state index in [9.17, 15) is 0 Å². The fraction of sp³-hybridized carbons (Fsp3) is 0.368. The van der Waals surface area contributed by atoms with E-state index in [1.54, 1.807) is 0 Å². The molecule has 2 aromatic rings. The third-order valence-corrected chi connectivity index (χ3v) is 3.76. The van der Waals surface area contributed by atoms with Crippen molar-refractivity contribution in [3.8, 4) is 11.5 Å². The van der Waals surface area contributed by atoms with Crippen LogP contribution in [0.25, 0.3) is 0 Å². The monoisotopic (exact) mass is 332 g/mol. The van der Waals surface area contributed by atoms with E-state index in [1.807, 2.05) is 48.5 Å². The van der Waals surface area contributed by atoms with Gasteiger partial charge in [-0.1, -0.05) is 35.4 Å². The first-order valence-corrected chi connectivity index (χ1v) is 8.43. The predicted octanol–water partition coefficient (Wildman–Crippen LogP) is 5.06. The molecule has 4 heteroatoms. The summed E-state index contributed by atoms with van der Waals surface area (Å²) in [6.45, 7) is 4.85. The third kappa shape index (κ3) is 6.60. The number of benzene rings is 2. The topological polar surface area (TPSA) is 27.7 Å². The first kappa shape index (κ1) is 17.8. The van der Waals surface area contributed by atoms with Gasteiger partial charge in [0.15, 0.2) is 0 Å². The van der Waals surface area contributed by atoms with Crippen LogP contribution in [-0.2, 0) is 4.52 Å². The lowest BCUT2D eigenvalue weighted by atomic mass is 10.2. The minimum atomic E-state index is -0.301. The number of ether oxygens (including phenoxy) is 2. The molecule has 0 radical (unpaired) electrons. The molecular weight excluding hydrogens is 307 g/mol. The lowest BCUT2D eigenvalue weighted by molar-refractivity contribution is -0.00281. The SMILES string of the molecule is Cc1ccc(OC(CCCCOP)Oc2ccc(C)cc2)cc1. The van der Waals surface area contributed by atoms with Crippen LogP contribution in [0.5, 0.6) is 11.5 Å². The molecule has 124 valence electrons. The molecule has 2 rings (SSSR count). The van der Waals surface area contributed by atoms with Gasteiger partial charge in [0.1, 0.15) is 11.5 Å². The van der Waals surface area contributed by atoms with Gasteiger partial charge in [-0.2, -0.15) is 0 Å². The Morgan fingerprint density at radius 3 is 1.70 bits per heavy atom. The standard InChI is InChI=1S/C19H25O3P/c1-15-6-10-17(11-7-15)21-19(5-3-4-14-20-23)22-18-12-8-16(2)9-13-18/h6-13,19H,3-5,14,23H2,1-2H3. The number of rotatable bonds is 9. The first-order valence-electron chi connectivity index (χ1n) is 7.96. The zero-order valence-corrected chi connectivity index (χ0v) is 15.0. The van der Waals surface area contributed by atoms with Crippen LogP contribution in [0.15, 0.2) is 48.5 Å². The summed E-state index contributed by atoms with van der Waals surface area (Å²) in [7, 11) is 2.28. The lowest BCUT2D eigenvalue weighted by Gasteiger charge is -2.21. The second-order valence-corrected chi connectivity index (χ2v) is 5.99. The molecule has 0 bridgehead atoms. The highest BCUT2D eigenvalue weighted by atomic mass is 31.0. The van der Waals surface area contributed by atoms with Crippen molar-refractivity contribution in [2.24, 2.45) is 0 Å². The van der Waals surface area contributed by atoms with Crippen LogP contribution in [0.3, 0.4) is 0 Å². The van der Waals surface area contributed by atoms with Gasteiger partial charge >= 0.3 is 0 Å². The quantitative estimate of drug-likeness (QED) is 0.365. The molecule has 0 heterocycles. The van der Waals surface area contributed by atoms with Crippen LogP contribution < -0.4 is 9.47 Å². The molecule has 0 amide bonds. The Hall–Kier alpha value is -1.57. The van der Waals surface area contributed by atoms with Gasteiger partial charge in [0.25, 0.3) is 0 Å². The zero-order chi connectivity index (χ0) is 16.5. The smallest absolute Gasteiger partial charge is 0.241 e. The van der Waals surface area contributed by atoms with Crippen molar-refractivity contribution in [1.82, 2.24) is 0 Å². The van der Waals surface area contributed by atoms with E-state index >= 15 is 0 Å². The number of hydrogen-bond donors (Lipinski definition) is 0. The minimum absolute atomic E-state index is 0.301. The fourth-order valence-corrected chi connectivity index (χ4v) is 2.34. The Morgan fingerprint density at radius 2 is 1.26 bits per heavy atom. The Labute approximate surface area is 141 Å². The van der Waals surface area contributed by atoms with Crippen LogP contribution in [0, 0.1) is 13.8 Å². The molecule has 1 atom stereocenters. The summed E-state index contributed by atoms with van der Waals surface area (Å²) < 4.78 is 17.1. The van der Waals surface area contributed by atoms with Crippen molar-refractivity contribution in [3.05, 3.63) is 59.7 Å². The van der Waals surface area contributed by atoms with Gasteiger partial charge in [-0.3, -0.25) is 0 Å². The summed E-state index contributed by atoms with van der Waals surface area (Å²) in [5.41, 5.74) is 2.43. The zero-order valence-electron chi connectivity index (χ0n) is 13.8. The Kier molecular flexibility index (Phi) is 7.38. The van der Waals surface area contributed by atoms with Crippen LogP contribution in [0.1, 0.15) is 30.4 Å². The molecule has 0 aliphatic heterocycles. The summed E-state index contributed by atoms with van der Waals surface area (Å²) in [4.78, 5) is 0. The van der Waals surface area contributed by atoms with Crippen molar-refractivity contribution in [3.63, 3.8) is 0 Å². The maximum absolute atomic E-state index is 6.02. The van der Waals surface area contributed by atoms with E-state index in [0.29, 0.717) is 0 Å². The van der Waals surface area contributed by atoms with E-state index in [-0.39, 0.29) is 6.29 Å². The Balaban J connectivity index is 1.98. The van der Waals surface area contributed by atoms with Crippen molar-refractivity contribution in [2.75, 3.05) is 6.61 Å². The molecule has 0 saturated carbocycles. The summed E-state index contributed by atoms with van der Waals surface area (Å²) in [6.07, 6.45) is 2.48. The third-order valence-electron chi connectivity index (χ3n) is 3.53. The maximum atomic E-state index is 6.02. The van der Waals surface area contributed by atoms with Gasteiger partial charge in [0, 0.05) is 15.9 Å². The molecule has 1 unspecified atom stereocenters. The minimum Gasteiger partial charge on any atom is -0.455 e. The summed E-state index contributed by atoms with van der Waals surface area (Å²) >= 11 is 0. The van der Waals surface area contributed by atoms with Crippen LogP contribution in [0.4, 0.5) is 0 Å². The largest absolute Gasteiger partial charge is 0.455 e. The number of unbranched alkanes of at least 4 members (excludes halogenated alkanes) is 1. The van der Waals surface area contributed by atoms with Crippen molar-refractivity contribution < 1.29 is 14.0 Å². The van der Waals surface area contributed by atoms with Crippen LogP contribution >= 0.6 is 9.47 Å². The molecule has 0 aliphatic rings. The van der Waals surface area contributed by atoms with Gasteiger partial charge in [0.2, 0.25) is 6.29 Å². The molecule has 0 aliphatic carbocycles. The molecule has 0 spiro atoms. The average Bonchev–Trinajstić information content (AvgIpc) is 2.55. The summed E-state index contributed by atoms with van der Waals surface area (Å²) in [5, 5.41) is 0. The van der Waals surface area contributed by atoms with Gasteiger partial charge in [-0.25, -0.2) is 0 Å². The van der Waals surface area contributed by atoms with E-state index in [1.165, 1.54) is 11.1 Å². The molecule has 0 saturated heterocycles. The van der Waals surface area contributed by atoms with Crippen LogP contribution in [-0.4, -0.2) is 12.9 Å². The maximum Gasteiger partial charge on any atom is 0.241 e. The second kappa shape index (κ2) is 9.54. The highest BCUT2D eigenvalue weighted by molar-refractivity contribution is 7.09. The molecule has 23 heavy (non-hydrogen) atoms. The van der Waals surface area contributed by atoms with E-state index < -0.39 is 0 Å². The first-order chi connectivity index (χ1) is 11.2. The molecular formula is C19H25O3P. The average molecular weight is 332 g/mol. The summed E-state index contributed by atoms with van der Waals surface area (Å²) in [6, 6.07) is 16.1. The lowest BCUT2D eigenvalue weighted by Crippen LogP contribution is -2.24. The van der Waals surface area contributed by atoms with Crippen molar-refractivity contribution >= 4 is 9.47 Å². The molecule has 3 nitrogen and oxygen atoms in total. The van der Waals surface area contributed by atoms with E-state index in [2.05, 4.69) is 23.3 Å². The van der Waals surface area contributed by atoms with Crippen LogP contribution in [0.2, 0.25) is 0 Å². The summed E-state index contributed by atoms with van der Waals surface area (Å²) in [5.74, 6) is 1.66. The van der Waals surface area contributed by atoms with Gasteiger partial charge in [-0.15, -0.1) is 0 Å². The van der Waals surface area contributed by atoms with E-state index in [4.69, 9.17) is 14.0 Å². The van der Waals surface area contributed by atoms with Gasteiger partial charge in [0.05, 0.1) is 6.61 Å².